The van der Waals surface area contributed by atoms with E-state index < -0.39 is 4.92 Å². The Labute approximate surface area is 120 Å². The third-order valence-corrected chi connectivity index (χ3v) is 3.37. The Bertz CT molecular complexity index is 822. The Morgan fingerprint density at radius 2 is 2.05 bits per heavy atom. The molecule has 6 nitrogen and oxygen atoms in total. The van der Waals surface area contributed by atoms with E-state index in [1.807, 2.05) is 29.1 Å². The van der Waals surface area contributed by atoms with Crippen molar-refractivity contribution in [2.75, 3.05) is 0 Å². The number of hydrogen-bond acceptors (Lipinski definition) is 4. The van der Waals surface area contributed by atoms with Crippen molar-refractivity contribution in [3.8, 4) is 11.5 Å². The average molecular weight is 284 g/mol. The van der Waals surface area contributed by atoms with Gasteiger partial charge in [-0.05, 0) is 13.8 Å². The van der Waals surface area contributed by atoms with Gasteiger partial charge in [-0.1, -0.05) is 0 Å². The third-order valence-electron chi connectivity index (χ3n) is 3.37. The molecule has 6 heteroatoms. The van der Waals surface area contributed by atoms with Crippen LogP contribution >= 0.6 is 0 Å². The molecule has 0 spiro atoms. The van der Waals surface area contributed by atoms with E-state index in [0.29, 0.717) is 22.6 Å². The summed E-state index contributed by atoms with van der Waals surface area (Å²) in [6.45, 7) is 4.72. The van der Waals surface area contributed by atoms with Gasteiger partial charge >= 0.3 is 0 Å². The summed E-state index contributed by atoms with van der Waals surface area (Å²) in [6.07, 6.45) is 3.89. The normalized spacial score (nSPS) is 11.0. The zero-order valence-electron chi connectivity index (χ0n) is 11.7. The number of aryl methyl sites for hydroxylation is 2. The summed E-state index contributed by atoms with van der Waals surface area (Å²) in [5, 5.41) is 10.9. The van der Waals surface area contributed by atoms with Crippen molar-refractivity contribution in [2.45, 2.75) is 20.4 Å². The lowest BCUT2D eigenvalue weighted by molar-refractivity contribution is -0.693. The first-order valence-electron chi connectivity index (χ1n) is 6.63. The number of pyridine rings is 1. The van der Waals surface area contributed by atoms with Crippen LogP contribution in [0.25, 0.3) is 22.6 Å². The van der Waals surface area contributed by atoms with E-state index in [4.69, 9.17) is 4.42 Å². The van der Waals surface area contributed by atoms with Gasteiger partial charge in [-0.3, -0.25) is 10.1 Å². The van der Waals surface area contributed by atoms with Crippen molar-refractivity contribution in [1.82, 2.24) is 4.98 Å². The van der Waals surface area contributed by atoms with E-state index in [0.717, 1.165) is 12.1 Å². The number of benzene rings is 1. The van der Waals surface area contributed by atoms with Gasteiger partial charge in [0, 0.05) is 35.4 Å². The second-order valence-electron chi connectivity index (χ2n) is 4.80. The predicted molar refractivity (Wildman–Crippen MR) is 76.7 cm³/mol. The van der Waals surface area contributed by atoms with Gasteiger partial charge in [-0.2, -0.15) is 0 Å². The Morgan fingerprint density at radius 1 is 1.33 bits per heavy atom. The number of hydrogen-bond donors (Lipinski definition) is 0. The molecule has 0 bridgehead atoms. The zero-order valence-corrected chi connectivity index (χ0v) is 11.7. The minimum atomic E-state index is -0.423. The molecule has 3 aromatic rings. The number of nitro benzene ring substituents is 1. The largest absolute Gasteiger partial charge is 0.436 e. The third kappa shape index (κ3) is 2.35. The lowest BCUT2D eigenvalue weighted by atomic mass is 10.2. The Kier molecular flexibility index (Phi) is 3.13. The molecule has 0 saturated heterocycles. The van der Waals surface area contributed by atoms with Gasteiger partial charge in [0.25, 0.3) is 5.69 Å². The molecule has 0 saturated carbocycles. The second-order valence-corrected chi connectivity index (χ2v) is 4.80. The van der Waals surface area contributed by atoms with E-state index >= 15 is 0 Å². The molecule has 0 amide bonds. The van der Waals surface area contributed by atoms with Crippen LogP contribution in [0.5, 0.6) is 0 Å². The van der Waals surface area contributed by atoms with Crippen LogP contribution in [-0.2, 0) is 6.54 Å². The maximum Gasteiger partial charge on any atom is 0.272 e. The van der Waals surface area contributed by atoms with Gasteiger partial charge in [0.15, 0.2) is 18.0 Å². The lowest BCUT2D eigenvalue weighted by Gasteiger charge is -1.95. The SMILES string of the molecule is CC[n+]1ccc(-c2nc3cc([N+](=O)[O-])cc(C)c3o2)cc1. The maximum absolute atomic E-state index is 10.9. The number of fused-ring (bicyclic) bond motifs is 1. The second kappa shape index (κ2) is 4.97. The Balaban J connectivity index is 2.11. The highest BCUT2D eigenvalue weighted by molar-refractivity contribution is 5.81. The molecule has 21 heavy (non-hydrogen) atoms. The number of aromatic nitrogens is 2. The lowest BCUT2D eigenvalue weighted by Crippen LogP contribution is -2.30. The summed E-state index contributed by atoms with van der Waals surface area (Å²) in [7, 11) is 0. The number of non-ortho nitro benzene ring substituents is 1. The molecule has 0 atom stereocenters. The molecule has 3 rings (SSSR count). The minimum absolute atomic E-state index is 0.0248. The van der Waals surface area contributed by atoms with Gasteiger partial charge in [0.05, 0.1) is 4.92 Å². The first-order valence-corrected chi connectivity index (χ1v) is 6.63. The molecular weight excluding hydrogens is 270 g/mol. The summed E-state index contributed by atoms with van der Waals surface area (Å²) in [6, 6.07) is 6.76. The van der Waals surface area contributed by atoms with Gasteiger partial charge in [0.2, 0.25) is 5.89 Å². The van der Waals surface area contributed by atoms with Crippen LogP contribution < -0.4 is 4.57 Å². The molecule has 0 unspecified atom stereocenters. The minimum Gasteiger partial charge on any atom is -0.436 e. The molecule has 0 radical (unpaired) electrons. The summed E-state index contributed by atoms with van der Waals surface area (Å²) in [4.78, 5) is 14.8. The van der Waals surface area contributed by atoms with Crippen LogP contribution in [0.2, 0.25) is 0 Å². The van der Waals surface area contributed by atoms with Crippen LogP contribution in [0.15, 0.2) is 41.1 Å². The Hall–Kier alpha value is -2.76. The number of rotatable bonds is 3. The van der Waals surface area contributed by atoms with Crippen molar-refractivity contribution in [2.24, 2.45) is 0 Å². The molecule has 2 heterocycles. The molecule has 0 fully saturated rings. The molecule has 0 N–H and O–H groups in total. The zero-order chi connectivity index (χ0) is 15.0. The van der Waals surface area contributed by atoms with Crippen LogP contribution in [0.3, 0.4) is 0 Å². The highest BCUT2D eigenvalue weighted by Crippen LogP contribution is 2.29. The fourth-order valence-electron chi connectivity index (χ4n) is 2.22. The standard InChI is InChI=1S/C15H14N3O3/c1-3-17-6-4-11(5-7-17)15-16-13-9-12(18(19)20)8-10(2)14(13)21-15/h4-9H,3H2,1-2H3/q+1. The summed E-state index contributed by atoms with van der Waals surface area (Å²) in [5.74, 6) is 0.469. The highest BCUT2D eigenvalue weighted by Gasteiger charge is 2.16. The van der Waals surface area contributed by atoms with E-state index in [-0.39, 0.29) is 5.69 Å². The first-order chi connectivity index (χ1) is 10.1. The highest BCUT2D eigenvalue weighted by atomic mass is 16.6. The average Bonchev–Trinajstić information content (AvgIpc) is 2.92. The number of oxazole rings is 1. The summed E-state index contributed by atoms with van der Waals surface area (Å²) < 4.78 is 7.78. The first kappa shape index (κ1) is 13.2. The molecule has 0 aliphatic heterocycles. The van der Waals surface area contributed by atoms with E-state index in [1.54, 1.807) is 6.92 Å². The van der Waals surface area contributed by atoms with Crippen molar-refractivity contribution in [1.29, 1.82) is 0 Å². The van der Waals surface area contributed by atoms with Crippen molar-refractivity contribution < 1.29 is 13.9 Å². The van der Waals surface area contributed by atoms with Gasteiger partial charge in [-0.25, -0.2) is 9.55 Å². The molecule has 0 aliphatic rings. The monoisotopic (exact) mass is 284 g/mol. The van der Waals surface area contributed by atoms with E-state index in [9.17, 15) is 10.1 Å². The van der Waals surface area contributed by atoms with Gasteiger partial charge in [0.1, 0.15) is 12.1 Å². The van der Waals surface area contributed by atoms with Gasteiger partial charge in [-0.15, -0.1) is 0 Å². The predicted octanol–water partition coefficient (Wildman–Crippen LogP) is 3.02. The molecule has 2 aromatic heterocycles. The molecule has 1 aromatic carbocycles. The quantitative estimate of drug-likeness (QED) is 0.421. The van der Waals surface area contributed by atoms with E-state index in [1.165, 1.54) is 12.1 Å². The number of nitro groups is 1. The smallest absolute Gasteiger partial charge is 0.272 e. The van der Waals surface area contributed by atoms with Crippen molar-refractivity contribution in [3.05, 3.63) is 52.3 Å². The topological polar surface area (TPSA) is 73.0 Å². The fraction of sp³-hybridized carbons (Fsp3) is 0.200. The van der Waals surface area contributed by atoms with Gasteiger partial charge < -0.3 is 4.42 Å². The van der Waals surface area contributed by atoms with Crippen LogP contribution in [-0.4, -0.2) is 9.91 Å². The van der Waals surface area contributed by atoms with Crippen molar-refractivity contribution >= 4 is 16.8 Å². The summed E-state index contributed by atoms with van der Waals surface area (Å²) in [5.41, 5.74) is 2.67. The molecule has 106 valence electrons. The molecular formula is C15H14N3O3+. The van der Waals surface area contributed by atoms with Crippen LogP contribution in [0.4, 0.5) is 5.69 Å². The maximum atomic E-state index is 10.9. The Morgan fingerprint density at radius 3 is 2.67 bits per heavy atom. The van der Waals surface area contributed by atoms with E-state index in [2.05, 4.69) is 11.9 Å². The molecule has 0 aliphatic carbocycles. The van der Waals surface area contributed by atoms with Crippen LogP contribution in [0.1, 0.15) is 12.5 Å². The van der Waals surface area contributed by atoms with Crippen LogP contribution in [0, 0.1) is 17.0 Å². The van der Waals surface area contributed by atoms with Crippen molar-refractivity contribution in [3.63, 3.8) is 0 Å². The summed E-state index contributed by atoms with van der Waals surface area (Å²) >= 11 is 0. The fourth-order valence-corrected chi connectivity index (χ4v) is 2.22. The number of nitrogens with zero attached hydrogens (tertiary/aromatic N) is 3.